The van der Waals surface area contributed by atoms with Gasteiger partial charge in [-0.15, -0.1) is 12.1 Å². The van der Waals surface area contributed by atoms with E-state index in [2.05, 4.69) is 112 Å². The van der Waals surface area contributed by atoms with Gasteiger partial charge in [0.1, 0.15) is 25.9 Å². The van der Waals surface area contributed by atoms with Gasteiger partial charge in [0.25, 0.3) is 0 Å². The Morgan fingerprint density at radius 2 is 1.61 bits per heavy atom. The predicted molar refractivity (Wildman–Crippen MR) is 202 cm³/mol. The quantitative estimate of drug-likeness (QED) is 0.0497. The molecule has 0 N–H and O–H groups in total. The monoisotopic (exact) mass is 692 g/mol. The van der Waals surface area contributed by atoms with E-state index < -0.39 is 48.2 Å². The maximum absolute atomic E-state index is 12.5. The van der Waals surface area contributed by atoms with E-state index in [1.54, 1.807) is 0 Å². The third kappa shape index (κ3) is 12.6. The van der Waals surface area contributed by atoms with Crippen molar-refractivity contribution >= 4 is 30.7 Å². The molecule has 1 fully saturated rings. The van der Waals surface area contributed by atoms with E-state index in [1.807, 2.05) is 26.0 Å². The zero-order valence-electron chi connectivity index (χ0n) is 31.9. The number of rotatable bonds is 17. The van der Waals surface area contributed by atoms with Crippen molar-refractivity contribution in [3.05, 3.63) is 37.5 Å². The summed E-state index contributed by atoms with van der Waals surface area (Å²) in [6.07, 6.45) is 7.90. The van der Waals surface area contributed by atoms with E-state index >= 15 is 0 Å². The molecule has 1 aliphatic heterocycles. The first-order chi connectivity index (χ1) is 21.1. The highest BCUT2D eigenvalue weighted by atomic mass is 28.4. The molecule has 5 atom stereocenters. The average molecular weight is 693 g/mol. The van der Waals surface area contributed by atoms with Gasteiger partial charge >= 0.3 is 5.97 Å². The van der Waals surface area contributed by atoms with Crippen LogP contribution >= 0.6 is 0 Å². The molecule has 1 heterocycles. The molecule has 264 valence electrons. The maximum Gasteiger partial charge on any atom is 0.330 e. The summed E-state index contributed by atoms with van der Waals surface area (Å²) < 4.78 is 33.6. The molecule has 0 aromatic heterocycles. The van der Waals surface area contributed by atoms with Gasteiger partial charge in [-0.25, -0.2) is 4.79 Å². The zero-order valence-corrected chi connectivity index (χ0v) is 34.9. The molecule has 9 heteroatoms. The molecule has 0 saturated carbocycles. The number of carbonyl (C=O) groups excluding carboxylic acids is 1. The van der Waals surface area contributed by atoms with Gasteiger partial charge in [0.05, 0.1) is 6.10 Å². The first kappa shape index (κ1) is 42.8. The first-order valence-electron chi connectivity index (χ1n) is 17.4. The molecule has 46 heavy (non-hydrogen) atoms. The van der Waals surface area contributed by atoms with E-state index in [1.165, 1.54) is 6.08 Å². The molecule has 0 unspecified atom stereocenters. The van der Waals surface area contributed by atoms with Crippen LogP contribution in [-0.2, 0) is 27.9 Å². The predicted octanol–water partition coefficient (Wildman–Crippen LogP) is 9.82. The van der Waals surface area contributed by atoms with Crippen molar-refractivity contribution in [3.63, 3.8) is 0 Å². The minimum absolute atomic E-state index is 0.0676. The summed E-state index contributed by atoms with van der Waals surface area (Å²) in [5.74, 6) is 2.07. The molecule has 0 radical (unpaired) electrons. The summed E-state index contributed by atoms with van der Waals surface area (Å²) in [5, 5.41) is 0.0676. The molecule has 0 bridgehead atoms. The minimum Gasteiger partial charge on any atom is -0.454 e. The number of hydrogen-bond donors (Lipinski definition) is 0. The molecular weight excluding hydrogens is 625 g/mol. The fourth-order valence-corrected chi connectivity index (χ4v) is 10.2. The largest absolute Gasteiger partial charge is 0.454 e. The van der Waals surface area contributed by atoms with Crippen LogP contribution in [0.2, 0.25) is 55.9 Å². The topological polar surface area (TPSA) is 63.2 Å². The lowest BCUT2D eigenvalue weighted by atomic mass is 9.86. The smallest absolute Gasteiger partial charge is 0.330 e. The Hall–Kier alpha value is -1.26. The van der Waals surface area contributed by atoms with Crippen LogP contribution in [0.15, 0.2) is 37.5 Å². The highest BCUT2D eigenvalue weighted by molar-refractivity contribution is 6.83. The van der Waals surface area contributed by atoms with Crippen molar-refractivity contribution in [1.29, 1.82) is 0 Å². The van der Waals surface area contributed by atoms with Crippen LogP contribution in [0.5, 0.6) is 0 Å². The van der Waals surface area contributed by atoms with Crippen LogP contribution in [0.25, 0.3) is 0 Å². The van der Waals surface area contributed by atoms with Crippen LogP contribution in [0, 0.1) is 17.4 Å². The highest BCUT2D eigenvalue weighted by Gasteiger charge is 2.51. The van der Waals surface area contributed by atoms with Crippen molar-refractivity contribution in [2.45, 2.75) is 167 Å². The van der Waals surface area contributed by atoms with Gasteiger partial charge in [-0.05, 0) is 62.6 Å². The number of esters is 1. The van der Waals surface area contributed by atoms with Gasteiger partial charge in [0.2, 0.25) is 0 Å². The van der Waals surface area contributed by atoms with Crippen molar-refractivity contribution in [2.24, 2.45) is 5.92 Å². The molecule has 0 aliphatic carbocycles. The van der Waals surface area contributed by atoms with Gasteiger partial charge in [-0.2, -0.15) is 0 Å². The third-order valence-electron chi connectivity index (χ3n) is 9.72. The number of carbonyl (C=O) groups is 1. The second-order valence-electron chi connectivity index (χ2n) is 15.8. The van der Waals surface area contributed by atoms with Crippen LogP contribution < -0.4 is 0 Å². The Morgan fingerprint density at radius 3 is 2.07 bits per heavy atom. The van der Waals surface area contributed by atoms with Gasteiger partial charge in [-0.1, -0.05) is 92.8 Å². The van der Waals surface area contributed by atoms with E-state index in [0.29, 0.717) is 19.4 Å². The minimum atomic E-state index is -2.23. The molecule has 0 aromatic carbocycles. The van der Waals surface area contributed by atoms with Crippen LogP contribution in [0.3, 0.4) is 0 Å². The van der Waals surface area contributed by atoms with Gasteiger partial charge in [-0.3, -0.25) is 0 Å². The molecule has 6 nitrogen and oxygen atoms in total. The van der Waals surface area contributed by atoms with Gasteiger partial charge in [0, 0.05) is 31.4 Å². The van der Waals surface area contributed by atoms with E-state index in [-0.39, 0.29) is 23.2 Å². The maximum atomic E-state index is 12.5. The van der Waals surface area contributed by atoms with E-state index in [0.717, 1.165) is 24.6 Å². The Balaban J connectivity index is 3.99. The van der Waals surface area contributed by atoms with Crippen LogP contribution in [0.1, 0.15) is 81.6 Å². The molecule has 1 aliphatic rings. The summed E-state index contributed by atoms with van der Waals surface area (Å²) in [7, 11) is -5.93. The Kier molecular flexibility index (Phi) is 16.2. The Labute approximate surface area is 286 Å². The first-order valence-corrected chi connectivity index (χ1v) is 26.4. The van der Waals surface area contributed by atoms with Crippen molar-refractivity contribution in [3.8, 4) is 11.5 Å². The Bertz CT molecular complexity index is 1080. The lowest BCUT2D eigenvalue weighted by Crippen LogP contribution is -2.59. The second-order valence-corrected chi connectivity index (χ2v) is 30.1. The van der Waals surface area contributed by atoms with Crippen molar-refractivity contribution in [1.82, 2.24) is 0 Å². The normalized spacial score (nSPS) is 21.9. The fraction of sp³-hybridized carbons (Fsp3) is 0.757. The average Bonchev–Trinajstić information content (AvgIpc) is 2.95. The molecule has 0 spiro atoms. The molecule has 1 rings (SSSR count). The number of ether oxygens (including phenoxy) is 3. The molecule has 0 amide bonds. The summed E-state index contributed by atoms with van der Waals surface area (Å²) in [6, 6.07) is 2.93. The number of hydrogen-bond acceptors (Lipinski definition) is 6. The fourth-order valence-electron chi connectivity index (χ4n) is 5.48. The van der Waals surface area contributed by atoms with Gasteiger partial charge in [0.15, 0.2) is 22.4 Å². The van der Waals surface area contributed by atoms with E-state index in [9.17, 15) is 4.79 Å². The zero-order chi connectivity index (χ0) is 35.6. The molecule has 1 saturated heterocycles. The summed E-state index contributed by atoms with van der Waals surface area (Å²) >= 11 is 0. The van der Waals surface area contributed by atoms with Crippen molar-refractivity contribution < 1.29 is 27.9 Å². The van der Waals surface area contributed by atoms with Crippen LogP contribution in [0.4, 0.5) is 0 Å². The van der Waals surface area contributed by atoms with Crippen LogP contribution in [-0.4, -0.2) is 67.0 Å². The summed E-state index contributed by atoms with van der Waals surface area (Å²) in [6.45, 7) is 39.0. The lowest BCUT2D eigenvalue weighted by molar-refractivity contribution is -0.310. The third-order valence-corrected chi connectivity index (χ3v) is 19.8. The summed E-state index contributed by atoms with van der Waals surface area (Å²) in [4.78, 5) is 12.5. The molecule has 0 aromatic rings. The molecular formula is C37H68O6Si3. The second kappa shape index (κ2) is 17.4. The SMILES string of the molecule is C=CC(=O)O[C@H](C=C[C@@](CCO[Si](C)(C)C(C)(C)C)(O[Si](CC)(CC)CC)[C@H]1C[C@@H](C#C[Si](C)(C)C)OC(C)(C)O1)[C@H](C=C)CC. The standard InChI is InChI=1S/C37H68O6Si3/c1-17-30(18-2)32(40-34(38)19-3)23-25-37(43-46(20-4,21-5)22-6,26-27-39-45(15,16)35(7,8)9)33-29-31(24-28-44(12,13)14)41-36(10,11)42-33/h17,19,23,25,30-33H,1,3,18,20-22,26-27,29H2,2,4-16H3/t30-,31-,32-,33-,37+/m1/s1. The van der Waals surface area contributed by atoms with Crippen molar-refractivity contribution in [2.75, 3.05) is 6.61 Å². The highest BCUT2D eigenvalue weighted by Crippen LogP contribution is 2.42. The summed E-state index contributed by atoms with van der Waals surface area (Å²) in [5.41, 5.74) is 2.67. The van der Waals surface area contributed by atoms with E-state index in [4.69, 9.17) is 23.1 Å². The van der Waals surface area contributed by atoms with Gasteiger partial charge < -0.3 is 23.1 Å². The Morgan fingerprint density at radius 1 is 1.02 bits per heavy atom. The lowest BCUT2D eigenvalue weighted by Gasteiger charge is -2.51.